The summed E-state index contributed by atoms with van der Waals surface area (Å²) in [6, 6.07) is 9.62. The Labute approximate surface area is 150 Å². The molecule has 1 atom stereocenters. The second-order valence-electron chi connectivity index (χ2n) is 6.51. The van der Waals surface area contributed by atoms with Crippen LogP contribution in [0.25, 0.3) is 5.65 Å². The molecule has 0 aliphatic carbocycles. The van der Waals surface area contributed by atoms with E-state index in [1.165, 1.54) is 5.56 Å². The molecular weight excluding hydrogens is 332 g/mol. The number of aromatic nitrogens is 3. The van der Waals surface area contributed by atoms with Crippen molar-refractivity contribution >= 4 is 11.6 Å². The molecule has 1 N–H and O–H groups in total. The van der Waals surface area contributed by atoms with Crippen molar-refractivity contribution in [1.82, 2.24) is 19.5 Å². The summed E-state index contributed by atoms with van der Waals surface area (Å²) in [4.78, 5) is 18.6. The summed E-state index contributed by atoms with van der Waals surface area (Å²) < 4.78 is 7.49. The molecule has 1 aliphatic heterocycles. The Kier molecular flexibility index (Phi) is 4.30. The van der Waals surface area contributed by atoms with Crippen molar-refractivity contribution in [2.75, 3.05) is 20.2 Å². The summed E-state index contributed by atoms with van der Waals surface area (Å²) in [6.45, 7) is 0.539. The number of likely N-dealkylation sites (N-methyl/N-ethyl adjacent to an activating group) is 1. The molecule has 7 nitrogen and oxygen atoms in total. The maximum absolute atomic E-state index is 12.7. The lowest BCUT2D eigenvalue weighted by atomic mass is 10.1. The minimum atomic E-state index is -0.168. The van der Waals surface area contributed by atoms with Gasteiger partial charge in [0.05, 0.1) is 6.54 Å². The van der Waals surface area contributed by atoms with Crippen LogP contribution in [-0.4, -0.2) is 56.8 Å². The van der Waals surface area contributed by atoms with Gasteiger partial charge in [-0.15, -0.1) is 0 Å². The maximum Gasteiger partial charge on any atom is 0.274 e. The average Bonchev–Trinajstić information content (AvgIpc) is 3.24. The predicted molar refractivity (Wildman–Crippen MR) is 95.3 cm³/mol. The van der Waals surface area contributed by atoms with Crippen molar-refractivity contribution in [2.24, 2.45) is 0 Å². The second-order valence-corrected chi connectivity index (χ2v) is 6.51. The third-order valence-corrected chi connectivity index (χ3v) is 4.52. The van der Waals surface area contributed by atoms with Gasteiger partial charge < -0.3 is 14.7 Å². The Bertz CT molecular complexity index is 928. The van der Waals surface area contributed by atoms with E-state index in [-0.39, 0.29) is 18.6 Å². The Morgan fingerprint density at radius 3 is 3.08 bits per heavy atom. The first kappa shape index (κ1) is 16.5. The number of para-hydroxylation sites is 1. The number of hydrogen-bond acceptors (Lipinski definition) is 5. The van der Waals surface area contributed by atoms with Gasteiger partial charge in [-0.1, -0.05) is 18.2 Å². The molecule has 0 radical (unpaired) electrons. The molecule has 4 rings (SSSR count). The predicted octanol–water partition coefficient (Wildman–Crippen LogP) is 1.34. The number of carbonyl (C=O) groups is 1. The van der Waals surface area contributed by atoms with Crippen LogP contribution < -0.4 is 4.74 Å². The monoisotopic (exact) mass is 352 g/mol. The molecule has 1 aliphatic rings. The van der Waals surface area contributed by atoms with E-state index in [4.69, 9.17) is 9.84 Å². The van der Waals surface area contributed by atoms with Crippen LogP contribution >= 0.6 is 0 Å². The number of carbonyl (C=O) groups excluding carboxylic acids is 1. The second kappa shape index (κ2) is 6.76. The normalized spacial score (nSPS) is 15.7. The topological polar surface area (TPSA) is 80.0 Å². The Morgan fingerprint density at radius 1 is 1.42 bits per heavy atom. The number of amides is 1. The largest absolute Gasteiger partial charge is 0.488 e. The molecule has 3 heterocycles. The van der Waals surface area contributed by atoms with Crippen molar-refractivity contribution in [1.29, 1.82) is 0 Å². The standard InChI is InChI=1S/C19H20N4O3/c1-22(12-15-8-14-4-2-3-5-17(14)26-15)19(25)16-9-18-20-10-13(6-7-24)11-23(18)21-16/h2-5,9-11,15,24H,6-8,12H2,1H3/t15-/m0/s1. The maximum atomic E-state index is 12.7. The lowest BCUT2D eigenvalue weighted by Gasteiger charge is -2.20. The zero-order chi connectivity index (χ0) is 18.1. The molecule has 2 aromatic heterocycles. The molecule has 0 saturated heterocycles. The van der Waals surface area contributed by atoms with Crippen molar-refractivity contribution in [3.63, 3.8) is 0 Å². The van der Waals surface area contributed by atoms with E-state index in [2.05, 4.69) is 16.1 Å². The van der Waals surface area contributed by atoms with Gasteiger partial charge in [-0.25, -0.2) is 9.50 Å². The lowest BCUT2D eigenvalue weighted by Crippen LogP contribution is -2.36. The number of fused-ring (bicyclic) bond motifs is 2. The molecule has 0 bridgehead atoms. The Balaban J connectivity index is 1.46. The number of benzene rings is 1. The van der Waals surface area contributed by atoms with E-state index in [9.17, 15) is 4.79 Å². The quantitative estimate of drug-likeness (QED) is 0.750. The van der Waals surface area contributed by atoms with Gasteiger partial charge >= 0.3 is 0 Å². The van der Waals surface area contributed by atoms with Gasteiger partial charge in [-0.05, 0) is 23.6 Å². The van der Waals surface area contributed by atoms with E-state index in [1.54, 1.807) is 34.9 Å². The summed E-state index contributed by atoms with van der Waals surface area (Å²) in [5.41, 5.74) is 2.99. The van der Waals surface area contributed by atoms with Gasteiger partial charge in [0.25, 0.3) is 5.91 Å². The molecule has 134 valence electrons. The molecule has 26 heavy (non-hydrogen) atoms. The number of nitrogens with zero attached hydrogens (tertiary/aromatic N) is 4. The first-order valence-electron chi connectivity index (χ1n) is 8.59. The molecule has 3 aromatic rings. The van der Waals surface area contributed by atoms with Crippen LogP contribution in [0.1, 0.15) is 21.6 Å². The zero-order valence-electron chi connectivity index (χ0n) is 14.5. The smallest absolute Gasteiger partial charge is 0.274 e. The van der Waals surface area contributed by atoms with Crippen LogP contribution in [-0.2, 0) is 12.8 Å². The van der Waals surface area contributed by atoms with Gasteiger partial charge in [-0.2, -0.15) is 5.10 Å². The summed E-state index contributed by atoms with van der Waals surface area (Å²) in [5, 5.41) is 13.4. The highest BCUT2D eigenvalue weighted by Gasteiger charge is 2.26. The molecular formula is C19H20N4O3. The summed E-state index contributed by atoms with van der Waals surface area (Å²) in [6.07, 6.45) is 4.73. The van der Waals surface area contributed by atoms with E-state index >= 15 is 0 Å². The average molecular weight is 352 g/mol. The first-order chi connectivity index (χ1) is 12.6. The third-order valence-electron chi connectivity index (χ3n) is 4.52. The third kappa shape index (κ3) is 3.13. The van der Waals surface area contributed by atoms with E-state index in [0.29, 0.717) is 24.3 Å². The fourth-order valence-electron chi connectivity index (χ4n) is 3.22. The van der Waals surface area contributed by atoms with Gasteiger partial charge in [0.15, 0.2) is 11.3 Å². The molecule has 0 spiro atoms. The molecule has 7 heteroatoms. The SMILES string of the molecule is CN(C[C@@H]1Cc2ccccc2O1)C(=O)c1cc2ncc(CCO)cn2n1. The fraction of sp³-hybridized carbons (Fsp3) is 0.316. The van der Waals surface area contributed by atoms with E-state index < -0.39 is 0 Å². The van der Waals surface area contributed by atoms with Crippen molar-refractivity contribution in [2.45, 2.75) is 18.9 Å². The van der Waals surface area contributed by atoms with Crippen molar-refractivity contribution < 1.29 is 14.6 Å². The Hall–Kier alpha value is -2.93. The number of ether oxygens (including phenoxy) is 1. The van der Waals surface area contributed by atoms with Gasteiger partial charge in [0, 0.05) is 38.5 Å². The molecule has 0 saturated carbocycles. The van der Waals surface area contributed by atoms with Crippen LogP contribution in [0, 0.1) is 0 Å². The van der Waals surface area contributed by atoms with Crippen LogP contribution in [0.15, 0.2) is 42.7 Å². The van der Waals surface area contributed by atoms with Crippen LogP contribution in [0.2, 0.25) is 0 Å². The number of rotatable bonds is 5. The van der Waals surface area contributed by atoms with Gasteiger partial charge in [-0.3, -0.25) is 4.79 Å². The van der Waals surface area contributed by atoms with Gasteiger partial charge in [0.2, 0.25) is 0 Å². The van der Waals surface area contributed by atoms with Crippen LogP contribution in [0.5, 0.6) is 5.75 Å². The number of aliphatic hydroxyl groups is 1. The fourth-order valence-corrected chi connectivity index (χ4v) is 3.22. The van der Waals surface area contributed by atoms with E-state index in [1.807, 2.05) is 18.2 Å². The van der Waals surface area contributed by atoms with Crippen molar-refractivity contribution in [3.8, 4) is 5.75 Å². The minimum Gasteiger partial charge on any atom is -0.488 e. The highest BCUT2D eigenvalue weighted by Crippen LogP contribution is 2.28. The summed E-state index contributed by atoms with van der Waals surface area (Å²) in [5.74, 6) is 0.727. The minimum absolute atomic E-state index is 0.0484. The van der Waals surface area contributed by atoms with E-state index in [0.717, 1.165) is 17.7 Å². The summed E-state index contributed by atoms with van der Waals surface area (Å²) >= 11 is 0. The molecule has 0 unspecified atom stereocenters. The highest BCUT2D eigenvalue weighted by atomic mass is 16.5. The highest BCUT2D eigenvalue weighted by molar-refractivity contribution is 5.93. The van der Waals surface area contributed by atoms with Gasteiger partial charge in [0.1, 0.15) is 11.9 Å². The van der Waals surface area contributed by atoms with Crippen molar-refractivity contribution in [3.05, 3.63) is 59.5 Å². The summed E-state index contributed by atoms with van der Waals surface area (Å²) in [7, 11) is 1.75. The zero-order valence-corrected chi connectivity index (χ0v) is 14.5. The Morgan fingerprint density at radius 2 is 2.27 bits per heavy atom. The lowest BCUT2D eigenvalue weighted by molar-refractivity contribution is 0.0724. The molecule has 1 aromatic carbocycles. The van der Waals surface area contributed by atoms with Crippen LogP contribution in [0.4, 0.5) is 0 Å². The molecule has 1 amide bonds. The molecule has 0 fully saturated rings. The number of hydrogen-bond donors (Lipinski definition) is 1. The van der Waals surface area contributed by atoms with Crippen LogP contribution in [0.3, 0.4) is 0 Å². The number of aliphatic hydroxyl groups excluding tert-OH is 1. The first-order valence-corrected chi connectivity index (χ1v) is 8.59.